The van der Waals surface area contributed by atoms with E-state index in [-0.39, 0.29) is 5.82 Å². The molecule has 2 heterocycles. The molecule has 3 rings (SSSR count). The standard InChI is InChI=1S/C14H17N3O3S/c1-9(21(2,18)19)13-16-14(20-17-13)12-5-3-4-10-8-15-7-6-11(10)12/h3-5,9,15H,6-8H2,1-2H3. The number of rotatable bonds is 3. The van der Waals surface area contributed by atoms with E-state index in [0.29, 0.717) is 5.89 Å². The normalized spacial score (nSPS) is 16.5. The van der Waals surface area contributed by atoms with Gasteiger partial charge in [-0.2, -0.15) is 4.98 Å². The van der Waals surface area contributed by atoms with Gasteiger partial charge in [-0.05, 0) is 37.1 Å². The number of aromatic nitrogens is 2. The van der Waals surface area contributed by atoms with Crippen LogP contribution >= 0.6 is 0 Å². The molecular formula is C14H17N3O3S. The fourth-order valence-electron chi connectivity index (χ4n) is 2.43. The molecule has 0 spiro atoms. The average Bonchev–Trinajstić information content (AvgIpc) is 2.94. The van der Waals surface area contributed by atoms with E-state index in [1.54, 1.807) is 6.92 Å². The van der Waals surface area contributed by atoms with E-state index in [0.717, 1.165) is 25.1 Å². The molecule has 1 atom stereocenters. The highest BCUT2D eigenvalue weighted by molar-refractivity contribution is 7.90. The number of nitrogens with zero attached hydrogens (tertiary/aromatic N) is 2. The molecule has 0 bridgehead atoms. The van der Waals surface area contributed by atoms with Crippen molar-refractivity contribution in [1.82, 2.24) is 15.5 Å². The summed E-state index contributed by atoms with van der Waals surface area (Å²) in [7, 11) is -3.24. The number of fused-ring (bicyclic) bond motifs is 1. The van der Waals surface area contributed by atoms with Crippen molar-refractivity contribution in [2.24, 2.45) is 0 Å². The van der Waals surface area contributed by atoms with E-state index in [4.69, 9.17) is 4.52 Å². The largest absolute Gasteiger partial charge is 0.334 e. The fraction of sp³-hybridized carbons (Fsp3) is 0.429. The molecular weight excluding hydrogens is 290 g/mol. The maximum Gasteiger partial charge on any atom is 0.258 e. The fourth-order valence-corrected chi connectivity index (χ4v) is 2.91. The van der Waals surface area contributed by atoms with Crippen molar-refractivity contribution < 1.29 is 12.9 Å². The van der Waals surface area contributed by atoms with Crippen LogP contribution in [0.5, 0.6) is 0 Å². The van der Waals surface area contributed by atoms with Crippen LogP contribution in [0.4, 0.5) is 0 Å². The Kier molecular flexibility index (Phi) is 3.54. The van der Waals surface area contributed by atoms with Gasteiger partial charge in [-0.3, -0.25) is 0 Å². The second kappa shape index (κ2) is 5.23. The predicted octanol–water partition coefficient (Wildman–Crippen LogP) is 1.49. The first kappa shape index (κ1) is 14.2. The molecule has 6 nitrogen and oxygen atoms in total. The van der Waals surface area contributed by atoms with Gasteiger partial charge in [0.15, 0.2) is 15.7 Å². The smallest absolute Gasteiger partial charge is 0.258 e. The van der Waals surface area contributed by atoms with Crippen LogP contribution in [0.1, 0.15) is 29.1 Å². The van der Waals surface area contributed by atoms with Gasteiger partial charge in [-0.1, -0.05) is 17.3 Å². The van der Waals surface area contributed by atoms with Crippen molar-refractivity contribution in [2.45, 2.75) is 25.1 Å². The number of sulfone groups is 1. The summed E-state index contributed by atoms with van der Waals surface area (Å²) in [5.41, 5.74) is 3.31. The first-order valence-electron chi connectivity index (χ1n) is 6.81. The highest BCUT2D eigenvalue weighted by Crippen LogP contribution is 2.28. The van der Waals surface area contributed by atoms with Gasteiger partial charge in [-0.25, -0.2) is 8.42 Å². The van der Waals surface area contributed by atoms with Gasteiger partial charge in [0.2, 0.25) is 0 Å². The van der Waals surface area contributed by atoms with Gasteiger partial charge in [0.25, 0.3) is 5.89 Å². The lowest BCUT2D eigenvalue weighted by Gasteiger charge is -2.18. The Bertz CT molecular complexity index is 768. The van der Waals surface area contributed by atoms with Crippen LogP contribution in [0, 0.1) is 0 Å². The van der Waals surface area contributed by atoms with Crippen LogP contribution in [-0.4, -0.2) is 31.4 Å². The van der Waals surface area contributed by atoms with Crippen molar-refractivity contribution in [2.75, 3.05) is 12.8 Å². The van der Waals surface area contributed by atoms with Crippen LogP contribution in [0.25, 0.3) is 11.5 Å². The maximum absolute atomic E-state index is 11.6. The van der Waals surface area contributed by atoms with E-state index in [1.165, 1.54) is 17.4 Å². The zero-order valence-electron chi connectivity index (χ0n) is 12.0. The molecule has 0 aliphatic carbocycles. The van der Waals surface area contributed by atoms with E-state index >= 15 is 0 Å². The second-order valence-corrected chi connectivity index (χ2v) is 7.67. The van der Waals surface area contributed by atoms with E-state index in [9.17, 15) is 8.42 Å². The molecule has 0 amide bonds. The zero-order valence-corrected chi connectivity index (χ0v) is 12.8. The molecule has 112 valence electrons. The lowest BCUT2D eigenvalue weighted by molar-refractivity contribution is 0.421. The minimum Gasteiger partial charge on any atom is -0.334 e. The third-order valence-corrected chi connectivity index (χ3v) is 5.31. The van der Waals surface area contributed by atoms with Gasteiger partial charge < -0.3 is 9.84 Å². The molecule has 1 unspecified atom stereocenters. The summed E-state index contributed by atoms with van der Waals surface area (Å²) in [5, 5.41) is 6.38. The molecule has 1 N–H and O–H groups in total. The molecule has 21 heavy (non-hydrogen) atoms. The van der Waals surface area contributed by atoms with Crippen LogP contribution in [-0.2, 0) is 22.8 Å². The first-order valence-corrected chi connectivity index (χ1v) is 8.76. The van der Waals surface area contributed by atoms with Crippen molar-refractivity contribution >= 4 is 9.84 Å². The lowest BCUT2D eigenvalue weighted by Crippen LogP contribution is -2.24. The third kappa shape index (κ3) is 2.71. The molecule has 0 saturated heterocycles. The Morgan fingerprint density at radius 1 is 1.38 bits per heavy atom. The predicted molar refractivity (Wildman–Crippen MR) is 78.4 cm³/mol. The quantitative estimate of drug-likeness (QED) is 0.924. The summed E-state index contributed by atoms with van der Waals surface area (Å²) in [5.74, 6) is 0.596. The molecule has 2 aromatic rings. The van der Waals surface area contributed by atoms with Crippen LogP contribution in [0.3, 0.4) is 0 Å². The Labute approximate surface area is 123 Å². The maximum atomic E-state index is 11.6. The lowest BCUT2D eigenvalue weighted by atomic mass is 9.95. The molecule has 0 fully saturated rings. The monoisotopic (exact) mass is 307 g/mol. The van der Waals surface area contributed by atoms with Gasteiger partial charge in [0.05, 0.1) is 0 Å². The third-order valence-electron chi connectivity index (χ3n) is 3.82. The Morgan fingerprint density at radius 2 is 2.19 bits per heavy atom. The van der Waals surface area contributed by atoms with Crippen LogP contribution < -0.4 is 5.32 Å². The molecule has 1 aliphatic heterocycles. The summed E-state index contributed by atoms with van der Waals surface area (Å²) in [4.78, 5) is 4.28. The Hall–Kier alpha value is -1.73. The molecule has 1 aromatic carbocycles. The van der Waals surface area contributed by atoms with Gasteiger partial charge in [0, 0.05) is 18.4 Å². The van der Waals surface area contributed by atoms with E-state index < -0.39 is 15.1 Å². The van der Waals surface area contributed by atoms with Gasteiger partial charge in [0.1, 0.15) is 5.25 Å². The summed E-state index contributed by atoms with van der Waals surface area (Å²) < 4.78 is 28.4. The van der Waals surface area contributed by atoms with E-state index in [2.05, 4.69) is 21.5 Å². The van der Waals surface area contributed by atoms with Crippen molar-refractivity contribution in [3.63, 3.8) is 0 Å². The van der Waals surface area contributed by atoms with Crippen LogP contribution in [0.15, 0.2) is 22.7 Å². The van der Waals surface area contributed by atoms with E-state index in [1.807, 2.05) is 12.1 Å². The van der Waals surface area contributed by atoms with Crippen LogP contribution in [0.2, 0.25) is 0 Å². The second-order valence-electron chi connectivity index (χ2n) is 5.30. The van der Waals surface area contributed by atoms with Crippen molar-refractivity contribution in [3.8, 4) is 11.5 Å². The van der Waals surface area contributed by atoms with Crippen molar-refractivity contribution in [1.29, 1.82) is 0 Å². The summed E-state index contributed by atoms with van der Waals surface area (Å²) in [6.07, 6.45) is 2.06. The zero-order chi connectivity index (χ0) is 15.0. The topological polar surface area (TPSA) is 85.1 Å². The highest BCUT2D eigenvalue weighted by Gasteiger charge is 2.24. The minimum absolute atomic E-state index is 0.207. The molecule has 0 radical (unpaired) electrons. The molecule has 1 aromatic heterocycles. The number of benzene rings is 1. The van der Waals surface area contributed by atoms with Crippen molar-refractivity contribution in [3.05, 3.63) is 35.2 Å². The summed E-state index contributed by atoms with van der Waals surface area (Å²) >= 11 is 0. The number of hydrogen-bond acceptors (Lipinski definition) is 6. The highest BCUT2D eigenvalue weighted by atomic mass is 32.2. The number of nitrogens with one attached hydrogen (secondary N) is 1. The Balaban J connectivity index is 2.01. The minimum atomic E-state index is -3.24. The summed E-state index contributed by atoms with van der Waals surface area (Å²) in [6, 6.07) is 5.96. The molecule has 1 aliphatic rings. The molecule has 0 saturated carbocycles. The Morgan fingerprint density at radius 3 is 2.95 bits per heavy atom. The SMILES string of the molecule is CC(c1noc(-c2cccc3c2CCNC3)n1)S(C)(=O)=O. The van der Waals surface area contributed by atoms with Gasteiger partial charge in [-0.15, -0.1) is 0 Å². The average molecular weight is 307 g/mol. The molecule has 7 heteroatoms. The van der Waals surface area contributed by atoms with Gasteiger partial charge >= 0.3 is 0 Å². The number of hydrogen-bond donors (Lipinski definition) is 1. The summed E-state index contributed by atoms with van der Waals surface area (Å²) in [6.45, 7) is 3.29. The first-order chi connectivity index (χ1) is 9.97.